The summed E-state index contributed by atoms with van der Waals surface area (Å²) < 4.78 is 5.10. The molecule has 0 fully saturated rings. The number of benzene rings is 1. The molecule has 0 saturated carbocycles. The standard InChI is InChI=1S/C10H10N4O/c1-7-11-13-10(14-12-7)8-4-3-5-9(6-8)15-2/h3-6H,1-2H3. The number of aryl methyl sites for hydroxylation is 1. The van der Waals surface area contributed by atoms with Crippen molar-refractivity contribution in [3.05, 3.63) is 30.1 Å². The molecule has 0 spiro atoms. The molecule has 0 saturated heterocycles. The van der Waals surface area contributed by atoms with Crippen LogP contribution in [0, 0.1) is 6.92 Å². The van der Waals surface area contributed by atoms with Gasteiger partial charge in [0.15, 0.2) is 5.82 Å². The van der Waals surface area contributed by atoms with Crippen molar-refractivity contribution in [3.63, 3.8) is 0 Å². The van der Waals surface area contributed by atoms with E-state index < -0.39 is 0 Å². The third-order valence-electron chi connectivity index (χ3n) is 1.91. The summed E-state index contributed by atoms with van der Waals surface area (Å²) in [6.45, 7) is 1.75. The fraction of sp³-hybridized carbons (Fsp3) is 0.200. The summed E-state index contributed by atoms with van der Waals surface area (Å²) in [5.41, 5.74) is 0.842. The Balaban J connectivity index is 2.40. The van der Waals surface area contributed by atoms with Crippen molar-refractivity contribution in [2.24, 2.45) is 0 Å². The lowest BCUT2D eigenvalue weighted by atomic mass is 10.2. The summed E-state index contributed by atoms with van der Waals surface area (Å²) in [6.07, 6.45) is 0. The second-order valence-corrected chi connectivity index (χ2v) is 3.00. The first kappa shape index (κ1) is 9.51. The average Bonchev–Trinajstić information content (AvgIpc) is 2.30. The van der Waals surface area contributed by atoms with Crippen LogP contribution in [0.2, 0.25) is 0 Å². The van der Waals surface area contributed by atoms with Crippen LogP contribution in [0.15, 0.2) is 24.3 Å². The first-order valence-electron chi connectivity index (χ1n) is 4.48. The van der Waals surface area contributed by atoms with Gasteiger partial charge in [0, 0.05) is 5.56 Å². The summed E-state index contributed by atoms with van der Waals surface area (Å²) in [6, 6.07) is 7.46. The van der Waals surface area contributed by atoms with E-state index in [1.54, 1.807) is 14.0 Å². The molecule has 15 heavy (non-hydrogen) atoms. The van der Waals surface area contributed by atoms with E-state index in [0.717, 1.165) is 11.3 Å². The van der Waals surface area contributed by atoms with E-state index in [-0.39, 0.29) is 0 Å². The molecule has 2 rings (SSSR count). The lowest BCUT2D eigenvalue weighted by Gasteiger charge is -2.01. The Morgan fingerprint density at radius 3 is 2.47 bits per heavy atom. The van der Waals surface area contributed by atoms with Crippen LogP contribution < -0.4 is 4.74 Å². The second kappa shape index (κ2) is 4.00. The fourth-order valence-corrected chi connectivity index (χ4v) is 1.16. The minimum atomic E-state index is 0.500. The maximum atomic E-state index is 5.10. The van der Waals surface area contributed by atoms with Crippen molar-refractivity contribution in [2.45, 2.75) is 6.92 Å². The molecular formula is C10H10N4O. The highest BCUT2D eigenvalue weighted by Crippen LogP contribution is 2.19. The van der Waals surface area contributed by atoms with E-state index >= 15 is 0 Å². The SMILES string of the molecule is COc1cccc(-c2nnc(C)nn2)c1. The highest BCUT2D eigenvalue weighted by atomic mass is 16.5. The van der Waals surface area contributed by atoms with Gasteiger partial charge >= 0.3 is 0 Å². The number of methoxy groups -OCH3 is 1. The van der Waals surface area contributed by atoms with Crippen LogP contribution in [0.4, 0.5) is 0 Å². The van der Waals surface area contributed by atoms with Crippen LogP contribution in [-0.4, -0.2) is 27.5 Å². The molecule has 5 nitrogen and oxygen atoms in total. The third kappa shape index (κ3) is 2.07. The molecule has 0 bridgehead atoms. The third-order valence-corrected chi connectivity index (χ3v) is 1.91. The topological polar surface area (TPSA) is 60.8 Å². The zero-order valence-electron chi connectivity index (χ0n) is 8.51. The highest BCUT2D eigenvalue weighted by Gasteiger charge is 2.03. The molecule has 0 unspecified atom stereocenters. The van der Waals surface area contributed by atoms with Crippen LogP contribution in [0.1, 0.15) is 5.82 Å². The summed E-state index contributed by atoms with van der Waals surface area (Å²) in [5.74, 6) is 1.82. The van der Waals surface area contributed by atoms with Gasteiger partial charge in [0.05, 0.1) is 7.11 Å². The summed E-state index contributed by atoms with van der Waals surface area (Å²) in [7, 11) is 1.62. The summed E-state index contributed by atoms with van der Waals surface area (Å²) >= 11 is 0. The Morgan fingerprint density at radius 1 is 1.07 bits per heavy atom. The molecule has 0 amide bonds. The van der Waals surface area contributed by atoms with E-state index in [1.165, 1.54) is 0 Å². The molecule has 0 N–H and O–H groups in total. The van der Waals surface area contributed by atoms with E-state index in [1.807, 2.05) is 24.3 Å². The largest absolute Gasteiger partial charge is 0.497 e. The van der Waals surface area contributed by atoms with E-state index in [0.29, 0.717) is 11.6 Å². The fourth-order valence-electron chi connectivity index (χ4n) is 1.16. The number of hydrogen-bond acceptors (Lipinski definition) is 5. The number of nitrogens with zero attached hydrogens (tertiary/aromatic N) is 4. The van der Waals surface area contributed by atoms with Crippen LogP contribution >= 0.6 is 0 Å². The van der Waals surface area contributed by atoms with Crippen LogP contribution in [0.5, 0.6) is 5.75 Å². The van der Waals surface area contributed by atoms with Gasteiger partial charge in [0.2, 0.25) is 5.82 Å². The number of rotatable bonds is 2. The first-order chi connectivity index (χ1) is 7.29. The Kier molecular flexibility index (Phi) is 2.53. The van der Waals surface area contributed by atoms with Gasteiger partial charge in [0.1, 0.15) is 5.75 Å². The predicted octanol–water partition coefficient (Wildman–Crippen LogP) is 1.25. The molecule has 1 aromatic heterocycles. The molecule has 2 aromatic rings. The summed E-state index contributed by atoms with van der Waals surface area (Å²) in [4.78, 5) is 0. The minimum absolute atomic E-state index is 0.500. The molecule has 0 radical (unpaired) electrons. The molecule has 5 heteroatoms. The quantitative estimate of drug-likeness (QED) is 0.733. The van der Waals surface area contributed by atoms with Gasteiger partial charge in [-0.2, -0.15) is 0 Å². The zero-order valence-corrected chi connectivity index (χ0v) is 8.51. The Bertz CT molecular complexity index is 455. The van der Waals surface area contributed by atoms with Gasteiger partial charge in [0.25, 0.3) is 0 Å². The van der Waals surface area contributed by atoms with Crippen molar-refractivity contribution in [1.29, 1.82) is 0 Å². The molecule has 0 aliphatic rings. The lowest BCUT2D eigenvalue weighted by Crippen LogP contribution is -1.98. The minimum Gasteiger partial charge on any atom is -0.497 e. The van der Waals surface area contributed by atoms with Crippen molar-refractivity contribution in [3.8, 4) is 17.1 Å². The molecular weight excluding hydrogens is 192 g/mol. The van der Waals surface area contributed by atoms with E-state index in [4.69, 9.17) is 4.74 Å². The molecule has 76 valence electrons. The van der Waals surface area contributed by atoms with E-state index in [2.05, 4.69) is 20.4 Å². The second-order valence-electron chi connectivity index (χ2n) is 3.00. The van der Waals surface area contributed by atoms with Crippen molar-refractivity contribution in [2.75, 3.05) is 7.11 Å². The molecule has 0 aliphatic carbocycles. The number of ether oxygens (including phenoxy) is 1. The number of aromatic nitrogens is 4. The average molecular weight is 202 g/mol. The molecule has 0 aliphatic heterocycles. The molecule has 0 atom stereocenters. The van der Waals surface area contributed by atoms with Crippen molar-refractivity contribution in [1.82, 2.24) is 20.4 Å². The maximum Gasteiger partial charge on any atom is 0.203 e. The highest BCUT2D eigenvalue weighted by molar-refractivity contribution is 5.56. The smallest absolute Gasteiger partial charge is 0.203 e. The Hall–Kier alpha value is -2.04. The van der Waals surface area contributed by atoms with Gasteiger partial charge in [-0.25, -0.2) is 0 Å². The Morgan fingerprint density at radius 2 is 1.80 bits per heavy atom. The van der Waals surface area contributed by atoms with Crippen LogP contribution in [-0.2, 0) is 0 Å². The normalized spacial score (nSPS) is 10.0. The van der Waals surface area contributed by atoms with Gasteiger partial charge in [-0.3, -0.25) is 0 Å². The van der Waals surface area contributed by atoms with Crippen LogP contribution in [0.3, 0.4) is 0 Å². The zero-order chi connectivity index (χ0) is 10.7. The van der Waals surface area contributed by atoms with Crippen LogP contribution in [0.25, 0.3) is 11.4 Å². The monoisotopic (exact) mass is 202 g/mol. The number of hydrogen-bond donors (Lipinski definition) is 0. The van der Waals surface area contributed by atoms with Gasteiger partial charge in [-0.05, 0) is 19.1 Å². The van der Waals surface area contributed by atoms with Gasteiger partial charge < -0.3 is 4.74 Å². The lowest BCUT2D eigenvalue weighted by molar-refractivity contribution is 0.415. The van der Waals surface area contributed by atoms with E-state index in [9.17, 15) is 0 Å². The summed E-state index contributed by atoms with van der Waals surface area (Å²) in [5, 5.41) is 15.6. The Labute approximate surface area is 87.1 Å². The van der Waals surface area contributed by atoms with Crippen molar-refractivity contribution < 1.29 is 4.74 Å². The van der Waals surface area contributed by atoms with Crippen molar-refractivity contribution >= 4 is 0 Å². The van der Waals surface area contributed by atoms with Gasteiger partial charge in [-0.15, -0.1) is 20.4 Å². The molecule has 1 aromatic carbocycles. The first-order valence-corrected chi connectivity index (χ1v) is 4.48. The molecule has 1 heterocycles. The maximum absolute atomic E-state index is 5.10. The predicted molar refractivity (Wildman–Crippen MR) is 54.3 cm³/mol. The van der Waals surface area contributed by atoms with Gasteiger partial charge in [-0.1, -0.05) is 12.1 Å².